The maximum atomic E-state index is 14.7. The number of para-hydroxylation sites is 1. The second-order valence-electron chi connectivity index (χ2n) is 8.75. The van der Waals surface area contributed by atoms with E-state index in [4.69, 9.17) is 10.5 Å². The number of pyridine rings is 1. The van der Waals surface area contributed by atoms with Gasteiger partial charge in [0.15, 0.2) is 5.82 Å². The van der Waals surface area contributed by atoms with Crippen LogP contribution in [0.5, 0.6) is 5.75 Å². The summed E-state index contributed by atoms with van der Waals surface area (Å²) in [5.74, 6) is -0.764. The number of rotatable bonds is 12. The fourth-order valence-corrected chi connectivity index (χ4v) is 4.09. The molecule has 0 spiro atoms. The first kappa shape index (κ1) is 29.3. The molecule has 0 saturated carbocycles. The minimum atomic E-state index is -2.73. The standard InChI is InChI=1S/C30H28F4N6O/c1-3-21(22-7-5-6-8-26(22)37-17-23-24(31)14-20(41-4-2)15-25(23)32)30-38-16-18(9-11-35)29(40-30)39-19-10-12-36-27(13-19)28(33)34/h5-8,10,12-16,28,37H,1,4,9,11,17,35H2,2H3,(H,36,38,39,40). The maximum absolute atomic E-state index is 14.7. The van der Waals surface area contributed by atoms with Crippen molar-refractivity contribution >= 4 is 22.8 Å². The summed E-state index contributed by atoms with van der Waals surface area (Å²) in [4.78, 5) is 12.8. The van der Waals surface area contributed by atoms with Gasteiger partial charge in [-0.25, -0.2) is 27.5 Å². The van der Waals surface area contributed by atoms with Crippen LogP contribution in [-0.2, 0) is 13.0 Å². The molecule has 7 nitrogen and oxygen atoms in total. The highest BCUT2D eigenvalue weighted by Gasteiger charge is 2.18. The van der Waals surface area contributed by atoms with Gasteiger partial charge in [0.25, 0.3) is 6.43 Å². The van der Waals surface area contributed by atoms with Crippen LogP contribution in [0, 0.1) is 11.6 Å². The zero-order valence-corrected chi connectivity index (χ0v) is 22.2. The van der Waals surface area contributed by atoms with Gasteiger partial charge in [-0.05, 0) is 38.1 Å². The van der Waals surface area contributed by atoms with E-state index in [0.717, 1.165) is 12.1 Å². The molecular weight excluding hydrogens is 536 g/mol. The summed E-state index contributed by atoms with van der Waals surface area (Å²) in [6, 6.07) is 12.1. The average Bonchev–Trinajstić information content (AvgIpc) is 2.95. The van der Waals surface area contributed by atoms with Gasteiger partial charge in [0.05, 0.1) is 12.2 Å². The van der Waals surface area contributed by atoms with E-state index in [0.29, 0.717) is 46.9 Å². The van der Waals surface area contributed by atoms with E-state index in [-0.39, 0.29) is 36.0 Å². The third-order valence-corrected chi connectivity index (χ3v) is 6.02. The van der Waals surface area contributed by atoms with Crippen molar-refractivity contribution in [3.8, 4) is 5.75 Å². The molecule has 0 fully saturated rings. The van der Waals surface area contributed by atoms with E-state index < -0.39 is 18.1 Å². The van der Waals surface area contributed by atoms with Gasteiger partial charge in [-0.15, -0.1) is 5.73 Å². The predicted octanol–water partition coefficient (Wildman–Crippen LogP) is 6.56. The normalized spacial score (nSPS) is 10.8. The number of nitrogens with one attached hydrogen (secondary N) is 2. The molecule has 4 N–H and O–H groups in total. The summed E-state index contributed by atoms with van der Waals surface area (Å²) in [5, 5.41) is 6.14. The summed E-state index contributed by atoms with van der Waals surface area (Å²) >= 11 is 0. The number of anilines is 3. The Hall–Kier alpha value is -4.73. The molecule has 0 aliphatic rings. The van der Waals surface area contributed by atoms with Gasteiger partial charge in [-0.2, -0.15) is 0 Å². The van der Waals surface area contributed by atoms with Gasteiger partial charge in [0, 0.05) is 59.1 Å². The second-order valence-corrected chi connectivity index (χ2v) is 8.75. The molecule has 4 aromatic rings. The predicted molar refractivity (Wildman–Crippen MR) is 150 cm³/mol. The third-order valence-electron chi connectivity index (χ3n) is 6.02. The summed E-state index contributed by atoms with van der Waals surface area (Å²) in [5.41, 5.74) is 10.6. The van der Waals surface area contributed by atoms with Gasteiger partial charge >= 0.3 is 0 Å². The summed E-state index contributed by atoms with van der Waals surface area (Å²) in [6.07, 6.45) is 0.566. The molecule has 0 amide bonds. The van der Waals surface area contributed by atoms with Crippen molar-refractivity contribution in [3.63, 3.8) is 0 Å². The number of ether oxygens (including phenoxy) is 1. The molecule has 41 heavy (non-hydrogen) atoms. The van der Waals surface area contributed by atoms with E-state index in [2.05, 4.69) is 37.9 Å². The molecule has 0 saturated heterocycles. The molecule has 2 aromatic heterocycles. The van der Waals surface area contributed by atoms with Crippen LogP contribution in [-0.4, -0.2) is 28.1 Å². The van der Waals surface area contributed by atoms with Crippen LogP contribution in [0.25, 0.3) is 5.57 Å². The van der Waals surface area contributed by atoms with Crippen LogP contribution in [0.4, 0.5) is 34.8 Å². The van der Waals surface area contributed by atoms with Crippen LogP contribution in [0.15, 0.2) is 73.2 Å². The van der Waals surface area contributed by atoms with Crippen molar-refractivity contribution < 1.29 is 22.3 Å². The van der Waals surface area contributed by atoms with Crippen molar-refractivity contribution in [3.05, 3.63) is 113 Å². The smallest absolute Gasteiger partial charge is 0.280 e. The quantitative estimate of drug-likeness (QED) is 0.132. The number of halogens is 4. The second kappa shape index (κ2) is 13.6. The third kappa shape index (κ3) is 7.08. The molecule has 0 aliphatic carbocycles. The number of benzene rings is 2. The fraction of sp³-hybridized carbons (Fsp3) is 0.200. The zero-order chi connectivity index (χ0) is 29.4. The number of nitrogens with two attached hydrogens (primary N) is 1. The molecule has 0 atom stereocenters. The van der Waals surface area contributed by atoms with Crippen LogP contribution in [0.1, 0.15) is 41.6 Å². The van der Waals surface area contributed by atoms with Crippen molar-refractivity contribution in [2.75, 3.05) is 23.8 Å². The molecule has 0 unspecified atom stereocenters. The van der Waals surface area contributed by atoms with Gasteiger partial charge in [0.2, 0.25) is 0 Å². The monoisotopic (exact) mass is 564 g/mol. The Labute approximate surface area is 234 Å². The Kier molecular flexibility index (Phi) is 9.68. The Bertz CT molecular complexity index is 1550. The lowest BCUT2D eigenvalue weighted by Gasteiger charge is -2.16. The van der Waals surface area contributed by atoms with Crippen molar-refractivity contribution in [2.45, 2.75) is 26.3 Å². The first-order valence-electron chi connectivity index (χ1n) is 12.8. The van der Waals surface area contributed by atoms with E-state index in [1.807, 2.05) is 0 Å². The van der Waals surface area contributed by atoms with Crippen LogP contribution < -0.4 is 21.1 Å². The first-order chi connectivity index (χ1) is 19.8. The van der Waals surface area contributed by atoms with Gasteiger partial charge < -0.3 is 21.1 Å². The SMILES string of the molecule is C=C=C(c1ncc(CCN)c(Nc2ccnc(C(F)F)c2)n1)c1ccccc1NCc1c(F)cc(OCC)cc1F. The Morgan fingerprint density at radius 1 is 1.10 bits per heavy atom. The molecule has 0 bridgehead atoms. The van der Waals surface area contributed by atoms with E-state index in [9.17, 15) is 17.6 Å². The van der Waals surface area contributed by atoms with Crippen molar-refractivity contribution in [1.29, 1.82) is 0 Å². The molecule has 11 heteroatoms. The number of alkyl halides is 2. The lowest BCUT2D eigenvalue weighted by molar-refractivity contribution is 0.146. The van der Waals surface area contributed by atoms with Crippen LogP contribution >= 0.6 is 0 Å². The molecule has 2 aromatic carbocycles. The summed E-state index contributed by atoms with van der Waals surface area (Å²) in [6.45, 7) is 5.97. The summed E-state index contributed by atoms with van der Waals surface area (Å²) in [7, 11) is 0. The first-order valence-corrected chi connectivity index (χ1v) is 12.8. The molecule has 0 aliphatic heterocycles. The molecule has 0 radical (unpaired) electrons. The maximum Gasteiger partial charge on any atom is 0.280 e. The lowest BCUT2D eigenvalue weighted by atomic mass is 10.0. The number of hydrogen-bond acceptors (Lipinski definition) is 7. The van der Waals surface area contributed by atoms with Crippen molar-refractivity contribution in [2.24, 2.45) is 5.73 Å². The largest absolute Gasteiger partial charge is 0.494 e. The van der Waals surface area contributed by atoms with Gasteiger partial charge in [-0.3, -0.25) is 4.98 Å². The highest BCUT2D eigenvalue weighted by Crippen LogP contribution is 2.30. The van der Waals surface area contributed by atoms with E-state index in [1.165, 1.54) is 12.3 Å². The van der Waals surface area contributed by atoms with Crippen LogP contribution in [0.3, 0.4) is 0 Å². The number of hydrogen-bond donors (Lipinski definition) is 3. The Balaban J connectivity index is 1.65. The minimum Gasteiger partial charge on any atom is -0.494 e. The fourth-order valence-electron chi connectivity index (χ4n) is 4.09. The topological polar surface area (TPSA) is 98.0 Å². The Morgan fingerprint density at radius 3 is 2.54 bits per heavy atom. The zero-order valence-electron chi connectivity index (χ0n) is 22.2. The van der Waals surface area contributed by atoms with Gasteiger partial charge in [-0.1, -0.05) is 24.8 Å². The highest BCUT2D eigenvalue weighted by molar-refractivity contribution is 5.83. The Morgan fingerprint density at radius 2 is 1.85 bits per heavy atom. The molecule has 2 heterocycles. The van der Waals surface area contributed by atoms with E-state index >= 15 is 0 Å². The van der Waals surface area contributed by atoms with E-state index in [1.54, 1.807) is 43.5 Å². The minimum absolute atomic E-state index is 0.111. The highest BCUT2D eigenvalue weighted by atomic mass is 19.3. The average molecular weight is 565 g/mol. The molecule has 4 rings (SSSR count). The molecular formula is C30H28F4N6O. The number of nitrogens with zero attached hydrogens (tertiary/aromatic N) is 3. The summed E-state index contributed by atoms with van der Waals surface area (Å²) < 4.78 is 60.9. The molecule has 212 valence electrons. The van der Waals surface area contributed by atoms with Crippen molar-refractivity contribution in [1.82, 2.24) is 15.0 Å². The van der Waals surface area contributed by atoms with Gasteiger partial charge in [0.1, 0.15) is 28.9 Å². The lowest BCUT2D eigenvalue weighted by Crippen LogP contribution is -2.10. The van der Waals surface area contributed by atoms with Crippen LogP contribution in [0.2, 0.25) is 0 Å². The number of aromatic nitrogens is 3.